The van der Waals surface area contributed by atoms with Crippen molar-refractivity contribution in [3.8, 4) is 0 Å². The molecule has 36 heavy (non-hydrogen) atoms. The first-order valence-electron chi connectivity index (χ1n) is 12.5. The molecule has 5 rings (SSSR count). The highest BCUT2D eigenvalue weighted by molar-refractivity contribution is 7.19. The maximum Gasteiger partial charge on any atom is 0.117 e. The number of anilines is 1. The van der Waals surface area contributed by atoms with Gasteiger partial charge in [0.05, 0.1) is 63.1 Å². The van der Waals surface area contributed by atoms with Gasteiger partial charge in [0.1, 0.15) is 5.01 Å². The van der Waals surface area contributed by atoms with Crippen LogP contribution >= 0.6 is 11.3 Å². The minimum absolute atomic E-state index is 0.589. The lowest BCUT2D eigenvalue weighted by Crippen LogP contribution is -2.31. The third kappa shape index (κ3) is 6.69. The highest BCUT2D eigenvalue weighted by Gasteiger charge is 2.08. The van der Waals surface area contributed by atoms with Crippen molar-refractivity contribution in [1.29, 1.82) is 0 Å². The Bertz CT molecular complexity index is 1260. The third-order valence-corrected chi connectivity index (χ3v) is 7.09. The monoisotopic (exact) mass is 504 g/mol. The van der Waals surface area contributed by atoms with Gasteiger partial charge in [-0.2, -0.15) is 0 Å². The Morgan fingerprint density at radius 2 is 1.31 bits per heavy atom. The maximum atomic E-state index is 5.76. The molecule has 0 saturated carbocycles. The summed E-state index contributed by atoms with van der Waals surface area (Å²) >= 11 is 1.72. The molecule has 1 aliphatic rings. The summed E-state index contributed by atoms with van der Waals surface area (Å²) in [7, 11) is 0. The summed E-state index contributed by atoms with van der Waals surface area (Å²) < 4.78 is 23.8. The highest BCUT2D eigenvalue weighted by atomic mass is 32.1. The first kappa shape index (κ1) is 24.9. The fourth-order valence-electron chi connectivity index (χ4n) is 4.19. The van der Waals surface area contributed by atoms with Gasteiger partial charge in [0.25, 0.3) is 0 Å². The van der Waals surface area contributed by atoms with Gasteiger partial charge >= 0.3 is 0 Å². The van der Waals surface area contributed by atoms with Gasteiger partial charge in [-0.15, -0.1) is 11.3 Å². The predicted octanol–water partition coefficient (Wildman–Crippen LogP) is 5.51. The first-order valence-corrected chi connectivity index (χ1v) is 13.3. The molecule has 0 radical (unpaired) electrons. The van der Waals surface area contributed by atoms with E-state index in [1.807, 2.05) is 0 Å². The molecule has 0 N–H and O–H groups in total. The standard InChI is InChI=1S/C29H32N2O4S/c1-2-4-26-24(3-1)8-11-27-29(26)30-28(36-27)12-7-23-5-9-25(10-6-23)31-13-15-32-17-19-34-21-22-35-20-18-33-16-14-31/h1-12H,13-22H2/b12-7+. The molecule has 0 bridgehead atoms. The van der Waals surface area contributed by atoms with Crippen LogP contribution in [0.25, 0.3) is 33.1 Å². The zero-order valence-electron chi connectivity index (χ0n) is 20.4. The number of benzene rings is 3. The van der Waals surface area contributed by atoms with Crippen LogP contribution in [0.5, 0.6) is 0 Å². The molecule has 4 aromatic rings. The summed E-state index contributed by atoms with van der Waals surface area (Å²) in [6.07, 6.45) is 4.23. The van der Waals surface area contributed by atoms with Crippen LogP contribution < -0.4 is 4.90 Å². The van der Waals surface area contributed by atoms with E-state index in [0.717, 1.165) is 34.9 Å². The van der Waals surface area contributed by atoms with E-state index in [-0.39, 0.29) is 0 Å². The van der Waals surface area contributed by atoms with Crippen LogP contribution in [0, 0.1) is 0 Å². The average molecular weight is 505 g/mol. The van der Waals surface area contributed by atoms with Gasteiger partial charge < -0.3 is 23.8 Å². The molecule has 0 atom stereocenters. The van der Waals surface area contributed by atoms with Gasteiger partial charge in [0, 0.05) is 24.2 Å². The minimum Gasteiger partial charge on any atom is -0.377 e. The zero-order valence-corrected chi connectivity index (χ0v) is 21.3. The predicted molar refractivity (Wildman–Crippen MR) is 148 cm³/mol. The van der Waals surface area contributed by atoms with Crippen molar-refractivity contribution in [1.82, 2.24) is 4.98 Å². The number of fused-ring (bicyclic) bond motifs is 3. The topological polar surface area (TPSA) is 53.1 Å². The van der Waals surface area contributed by atoms with E-state index in [0.29, 0.717) is 52.9 Å². The summed E-state index contributed by atoms with van der Waals surface area (Å²) in [5.41, 5.74) is 3.37. The molecule has 1 aromatic heterocycles. The van der Waals surface area contributed by atoms with Crippen molar-refractivity contribution in [2.24, 2.45) is 0 Å². The number of rotatable bonds is 3. The Kier molecular flexibility index (Phi) is 8.94. The van der Waals surface area contributed by atoms with Crippen molar-refractivity contribution in [2.45, 2.75) is 0 Å². The van der Waals surface area contributed by atoms with Gasteiger partial charge in [0.15, 0.2) is 0 Å². The first-order chi connectivity index (χ1) is 17.9. The molecule has 3 aromatic carbocycles. The van der Waals surface area contributed by atoms with Gasteiger partial charge in [0.2, 0.25) is 0 Å². The number of aromatic nitrogens is 1. The van der Waals surface area contributed by atoms with Crippen LogP contribution in [0.4, 0.5) is 5.69 Å². The summed E-state index contributed by atoms with van der Waals surface area (Å²) in [4.78, 5) is 7.19. The lowest BCUT2D eigenvalue weighted by molar-refractivity contribution is 0.00206. The molecule has 0 aliphatic carbocycles. The summed E-state index contributed by atoms with van der Waals surface area (Å²) in [5, 5.41) is 3.44. The van der Waals surface area contributed by atoms with Crippen LogP contribution in [0.1, 0.15) is 10.6 Å². The van der Waals surface area contributed by atoms with Crippen LogP contribution in [-0.2, 0) is 18.9 Å². The van der Waals surface area contributed by atoms with Crippen LogP contribution in [0.3, 0.4) is 0 Å². The number of hydrogen-bond acceptors (Lipinski definition) is 7. The maximum absolute atomic E-state index is 5.76. The van der Waals surface area contributed by atoms with Crippen molar-refractivity contribution < 1.29 is 18.9 Å². The molecule has 1 saturated heterocycles. The molecule has 2 heterocycles. The van der Waals surface area contributed by atoms with E-state index in [9.17, 15) is 0 Å². The summed E-state index contributed by atoms with van der Waals surface area (Å²) in [6.45, 7) is 6.44. The largest absolute Gasteiger partial charge is 0.377 e. The smallest absolute Gasteiger partial charge is 0.117 e. The number of hydrogen-bond donors (Lipinski definition) is 0. The van der Waals surface area contributed by atoms with Gasteiger partial charge in [-0.25, -0.2) is 4.98 Å². The van der Waals surface area contributed by atoms with Gasteiger partial charge in [-0.1, -0.05) is 48.5 Å². The fourth-order valence-corrected chi connectivity index (χ4v) is 5.08. The molecule has 7 heteroatoms. The summed E-state index contributed by atoms with van der Waals surface area (Å²) in [6, 6.07) is 21.4. The highest BCUT2D eigenvalue weighted by Crippen LogP contribution is 2.30. The molecule has 0 amide bonds. The number of ether oxygens (including phenoxy) is 4. The van der Waals surface area contributed by atoms with E-state index in [4.69, 9.17) is 23.9 Å². The second-order valence-corrected chi connectivity index (χ2v) is 9.61. The Morgan fingerprint density at radius 3 is 2.00 bits per heavy atom. The van der Waals surface area contributed by atoms with Crippen LogP contribution in [0.2, 0.25) is 0 Å². The summed E-state index contributed by atoms with van der Waals surface area (Å²) in [5.74, 6) is 0. The van der Waals surface area contributed by atoms with E-state index in [1.165, 1.54) is 15.5 Å². The molecule has 188 valence electrons. The van der Waals surface area contributed by atoms with E-state index in [1.54, 1.807) is 11.3 Å². The Hall–Kier alpha value is -2.81. The molecule has 0 spiro atoms. The number of nitrogens with zero attached hydrogens (tertiary/aromatic N) is 2. The molecule has 1 aliphatic heterocycles. The normalized spacial score (nSPS) is 17.4. The van der Waals surface area contributed by atoms with Crippen molar-refractivity contribution >= 4 is 50.2 Å². The second-order valence-electron chi connectivity index (χ2n) is 8.55. The Morgan fingerprint density at radius 1 is 0.667 bits per heavy atom. The minimum atomic E-state index is 0.589. The van der Waals surface area contributed by atoms with Crippen molar-refractivity contribution in [3.05, 3.63) is 71.2 Å². The van der Waals surface area contributed by atoms with Crippen molar-refractivity contribution in [3.63, 3.8) is 0 Å². The quantitative estimate of drug-likeness (QED) is 0.367. The second kappa shape index (κ2) is 12.9. The Balaban J connectivity index is 1.24. The average Bonchev–Trinajstić information content (AvgIpc) is 3.34. The zero-order chi connectivity index (χ0) is 24.4. The Labute approximate surface area is 216 Å². The van der Waals surface area contributed by atoms with E-state index < -0.39 is 0 Å². The molecule has 1 fully saturated rings. The lowest BCUT2D eigenvalue weighted by Gasteiger charge is -2.25. The van der Waals surface area contributed by atoms with Gasteiger partial charge in [-0.05, 0) is 35.2 Å². The lowest BCUT2D eigenvalue weighted by atomic mass is 10.1. The van der Waals surface area contributed by atoms with E-state index in [2.05, 4.69) is 77.7 Å². The molecule has 6 nitrogen and oxygen atoms in total. The molecular formula is C29H32N2O4S. The number of thiazole rings is 1. The van der Waals surface area contributed by atoms with Crippen molar-refractivity contribution in [2.75, 3.05) is 70.8 Å². The van der Waals surface area contributed by atoms with Crippen LogP contribution in [0.15, 0.2) is 60.7 Å². The third-order valence-electron chi connectivity index (χ3n) is 6.10. The fraction of sp³-hybridized carbons (Fsp3) is 0.345. The SMILES string of the molecule is C(=C\c1nc2c(ccc3ccccc32)s1)/c1ccc(N2CCOCCOCCOCCOCC2)cc1. The van der Waals surface area contributed by atoms with Crippen LogP contribution in [-0.4, -0.2) is 70.9 Å². The molecule has 0 unspecified atom stereocenters. The molecular weight excluding hydrogens is 472 g/mol. The van der Waals surface area contributed by atoms with Gasteiger partial charge in [-0.3, -0.25) is 0 Å². The van der Waals surface area contributed by atoms with E-state index >= 15 is 0 Å².